The van der Waals surface area contributed by atoms with Crippen LogP contribution in [-0.4, -0.2) is 80.3 Å². The lowest BCUT2D eigenvalue weighted by atomic mass is 9.92. The quantitative estimate of drug-likeness (QED) is 0.392. The number of carboxylic acid groups (broad SMARTS) is 2. The third-order valence-corrected chi connectivity index (χ3v) is 6.09. The van der Waals surface area contributed by atoms with Crippen molar-refractivity contribution in [1.82, 2.24) is 39.6 Å². The fraction of sp³-hybridized carbons (Fsp3) is 0.522. The number of aliphatic carboxylic acids is 2. The van der Waals surface area contributed by atoms with Crippen molar-refractivity contribution in [2.24, 2.45) is 12.8 Å². The molecule has 0 bridgehead atoms. The van der Waals surface area contributed by atoms with Crippen LogP contribution in [0.5, 0.6) is 0 Å². The molecule has 1 amide bonds. The van der Waals surface area contributed by atoms with Crippen LogP contribution in [0.1, 0.15) is 78.9 Å². The molecule has 14 heteroatoms. The Labute approximate surface area is 213 Å². The van der Waals surface area contributed by atoms with Gasteiger partial charge in [0.05, 0.1) is 42.7 Å². The normalized spacial score (nSPS) is 20.5. The summed E-state index contributed by atoms with van der Waals surface area (Å²) in [6, 6.07) is 0.546. The van der Waals surface area contributed by atoms with E-state index in [-0.39, 0.29) is 23.9 Å². The predicted molar refractivity (Wildman–Crippen MR) is 131 cm³/mol. The van der Waals surface area contributed by atoms with Crippen LogP contribution in [0.3, 0.4) is 0 Å². The smallest absolute Gasteiger partial charge is 0.300 e. The zero-order chi connectivity index (χ0) is 27.1. The lowest BCUT2D eigenvalue weighted by molar-refractivity contribution is -0.135. The van der Waals surface area contributed by atoms with Crippen molar-refractivity contribution < 1.29 is 24.6 Å². The number of imidazole rings is 1. The second kappa shape index (κ2) is 12.3. The summed E-state index contributed by atoms with van der Waals surface area (Å²) < 4.78 is 3.60. The van der Waals surface area contributed by atoms with Gasteiger partial charge in [0.1, 0.15) is 0 Å². The third kappa shape index (κ3) is 7.46. The number of rotatable bonds is 3. The highest BCUT2D eigenvalue weighted by molar-refractivity contribution is 5.92. The predicted octanol–water partition coefficient (Wildman–Crippen LogP) is 1.15. The summed E-state index contributed by atoms with van der Waals surface area (Å²) >= 11 is 0. The summed E-state index contributed by atoms with van der Waals surface area (Å²) in [5.74, 6) is -1.80. The Morgan fingerprint density at radius 1 is 1.08 bits per heavy atom. The lowest BCUT2D eigenvalue weighted by Gasteiger charge is -2.31. The van der Waals surface area contributed by atoms with Crippen molar-refractivity contribution in [2.75, 3.05) is 6.54 Å². The van der Waals surface area contributed by atoms with E-state index in [9.17, 15) is 4.79 Å². The Balaban J connectivity index is 0.000000420. The minimum atomic E-state index is -0.833. The van der Waals surface area contributed by atoms with Crippen LogP contribution in [0.4, 0.5) is 0 Å². The summed E-state index contributed by atoms with van der Waals surface area (Å²) in [6.07, 6.45) is 11.2. The lowest BCUT2D eigenvalue weighted by Crippen LogP contribution is -2.39. The van der Waals surface area contributed by atoms with E-state index in [1.807, 2.05) is 29.0 Å². The van der Waals surface area contributed by atoms with E-state index in [1.54, 1.807) is 17.2 Å². The number of fused-ring (bicyclic) bond motifs is 1. The molecule has 1 unspecified atom stereocenters. The highest BCUT2D eigenvalue weighted by atomic mass is 16.4. The number of nitrogens with one attached hydrogen (secondary N) is 1. The maximum absolute atomic E-state index is 13.2. The molecular formula is C23H33N9O5. The van der Waals surface area contributed by atoms with Crippen LogP contribution in [0.15, 0.2) is 24.9 Å². The minimum absolute atomic E-state index is 0.0162. The summed E-state index contributed by atoms with van der Waals surface area (Å²) in [4.78, 5) is 40.7. The highest BCUT2D eigenvalue weighted by Gasteiger charge is 2.33. The van der Waals surface area contributed by atoms with E-state index in [1.165, 1.54) is 0 Å². The van der Waals surface area contributed by atoms with E-state index >= 15 is 0 Å². The van der Waals surface area contributed by atoms with Gasteiger partial charge in [-0.25, -0.2) is 9.67 Å². The average molecular weight is 516 g/mol. The number of H-pyrrole nitrogens is 1. The topological polar surface area (TPSA) is 198 Å². The fourth-order valence-corrected chi connectivity index (χ4v) is 4.44. The molecule has 5 N–H and O–H groups in total. The molecule has 2 aliphatic rings. The number of hydrogen-bond donors (Lipinski definition) is 4. The molecule has 3 aromatic heterocycles. The molecule has 1 fully saturated rings. The second-order valence-corrected chi connectivity index (χ2v) is 9.14. The molecule has 1 saturated carbocycles. The van der Waals surface area contributed by atoms with E-state index in [2.05, 4.69) is 25.4 Å². The maximum atomic E-state index is 13.2. The number of amides is 1. The number of aryl methyl sites for hydroxylation is 1. The maximum Gasteiger partial charge on any atom is 0.300 e. The van der Waals surface area contributed by atoms with Crippen molar-refractivity contribution >= 4 is 17.8 Å². The molecule has 0 radical (unpaired) electrons. The van der Waals surface area contributed by atoms with Crippen molar-refractivity contribution in [3.8, 4) is 0 Å². The van der Waals surface area contributed by atoms with Crippen LogP contribution < -0.4 is 5.73 Å². The zero-order valence-corrected chi connectivity index (χ0v) is 21.1. The summed E-state index contributed by atoms with van der Waals surface area (Å²) in [5, 5.41) is 27.5. The van der Waals surface area contributed by atoms with Gasteiger partial charge >= 0.3 is 0 Å². The largest absolute Gasteiger partial charge is 0.481 e. The number of hydrogen-bond acceptors (Lipinski definition) is 8. The molecular weight excluding hydrogens is 482 g/mol. The van der Waals surface area contributed by atoms with Gasteiger partial charge in [0.2, 0.25) is 0 Å². The van der Waals surface area contributed by atoms with Crippen LogP contribution in [0.2, 0.25) is 0 Å². The summed E-state index contributed by atoms with van der Waals surface area (Å²) in [5.41, 5.74) is 9.35. The van der Waals surface area contributed by atoms with Gasteiger partial charge < -0.3 is 25.8 Å². The van der Waals surface area contributed by atoms with Gasteiger partial charge in [-0.2, -0.15) is 5.10 Å². The summed E-state index contributed by atoms with van der Waals surface area (Å²) in [6.45, 7) is 3.18. The molecule has 37 heavy (non-hydrogen) atoms. The van der Waals surface area contributed by atoms with Gasteiger partial charge in [-0.3, -0.25) is 19.1 Å². The van der Waals surface area contributed by atoms with E-state index in [0.29, 0.717) is 18.8 Å². The summed E-state index contributed by atoms with van der Waals surface area (Å²) in [7, 11) is 1.89. The molecule has 200 valence electrons. The molecule has 0 aromatic carbocycles. The van der Waals surface area contributed by atoms with Crippen LogP contribution in [-0.2, 0) is 23.2 Å². The van der Waals surface area contributed by atoms with Crippen molar-refractivity contribution in [3.63, 3.8) is 0 Å². The van der Waals surface area contributed by atoms with Crippen LogP contribution in [0.25, 0.3) is 0 Å². The van der Waals surface area contributed by atoms with Crippen molar-refractivity contribution in [2.45, 2.75) is 64.1 Å². The minimum Gasteiger partial charge on any atom is -0.481 e. The van der Waals surface area contributed by atoms with E-state index in [0.717, 1.165) is 56.5 Å². The first-order valence-corrected chi connectivity index (χ1v) is 11.9. The van der Waals surface area contributed by atoms with E-state index in [4.69, 9.17) is 25.5 Å². The Kier molecular flexibility index (Phi) is 9.11. The van der Waals surface area contributed by atoms with Crippen molar-refractivity contribution in [1.29, 1.82) is 0 Å². The third-order valence-electron chi connectivity index (χ3n) is 6.09. The van der Waals surface area contributed by atoms with Gasteiger partial charge in [-0.05, 0) is 25.7 Å². The molecule has 4 heterocycles. The van der Waals surface area contributed by atoms with Crippen LogP contribution >= 0.6 is 0 Å². The van der Waals surface area contributed by atoms with Gasteiger partial charge in [0.15, 0.2) is 5.69 Å². The van der Waals surface area contributed by atoms with E-state index < -0.39 is 11.9 Å². The fourth-order valence-electron chi connectivity index (χ4n) is 4.44. The SMILES string of the molecule is CC(=O)O.CC(=O)O.Cn1cc(C2CN(C(=O)c3cn(C4CCC(N)CC4)nn3)Cc3[nH]cnc32)cn1. The molecule has 14 nitrogen and oxygen atoms in total. The number of nitrogens with two attached hydrogens (primary N) is 1. The average Bonchev–Trinajstić information content (AvgIpc) is 3.58. The zero-order valence-electron chi connectivity index (χ0n) is 21.1. The number of carbonyl (C=O) groups excluding carboxylic acids is 1. The highest BCUT2D eigenvalue weighted by Crippen LogP contribution is 2.32. The molecule has 1 atom stereocenters. The van der Waals surface area contributed by atoms with Gasteiger partial charge in [0.25, 0.3) is 17.8 Å². The number of carboxylic acids is 2. The molecule has 0 spiro atoms. The van der Waals surface area contributed by atoms with Gasteiger partial charge in [0, 0.05) is 51.2 Å². The van der Waals surface area contributed by atoms with Crippen molar-refractivity contribution in [3.05, 3.63) is 47.6 Å². The number of aromatic amines is 1. The number of nitrogens with zero attached hydrogens (tertiary/aromatic N) is 7. The Hall–Kier alpha value is -4.07. The molecule has 1 aliphatic carbocycles. The monoisotopic (exact) mass is 515 g/mol. The Morgan fingerprint density at radius 3 is 2.32 bits per heavy atom. The van der Waals surface area contributed by atoms with Gasteiger partial charge in [-0.15, -0.1) is 5.10 Å². The number of carbonyl (C=O) groups is 3. The Morgan fingerprint density at radius 2 is 1.73 bits per heavy atom. The second-order valence-electron chi connectivity index (χ2n) is 9.14. The first-order valence-electron chi connectivity index (χ1n) is 11.9. The first kappa shape index (κ1) is 27.5. The standard InChI is InChI=1S/C19H25N9O.2C2H4O2/c1-26-7-12(6-23-26)15-8-27(9-16-18(15)22-11-21-16)19(29)17-10-28(25-24-17)14-4-2-13(20)3-5-14;2*1-2(3)4/h6-7,10-11,13-15H,2-5,8-9,20H2,1H3,(H,21,22);2*1H3,(H,3,4). The molecule has 3 aromatic rings. The van der Waals surface area contributed by atoms with Gasteiger partial charge in [-0.1, -0.05) is 5.21 Å². The molecule has 5 rings (SSSR count). The molecule has 0 saturated heterocycles. The Bertz CT molecular complexity index is 1190. The number of aromatic nitrogens is 7. The van der Waals surface area contributed by atoms with Crippen LogP contribution in [0, 0.1) is 0 Å². The molecule has 1 aliphatic heterocycles. The first-order chi connectivity index (χ1) is 17.5.